The predicted octanol–water partition coefficient (Wildman–Crippen LogP) is 14.9. The van der Waals surface area contributed by atoms with E-state index in [1.165, 1.54) is 98.6 Å². The van der Waals surface area contributed by atoms with Gasteiger partial charge in [0.15, 0.2) is 0 Å². The molecule has 11 aromatic rings. The molecule has 0 fully saturated rings. The summed E-state index contributed by atoms with van der Waals surface area (Å²) in [6.07, 6.45) is 0. The monoisotopic (exact) mass is 697 g/mol. The van der Waals surface area contributed by atoms with Gasteiger partial charge in [0.25, 0.3) is 0 Å². The van der Waals surface area contributed by atoms with Gasteiger partial charge in [-0.25, -0.2) is 0 Å². The molecule has 1 nitrogen and oxygen atoms in total. The second-order valence-electron chi connectivity index (χ2n) is 14.5. The molecule has 1 heteroatoms. The van der Waals surface area contributed by atoms with Crippen molar-refractivity contribution in [1.82, 2.24) is 4.57 Å². The summed E-state index contributed by atoms with van der Waals surface area (Å²) in [5.41, 5.74) is 13.3. The highest BCUT2D eigenvalue weighted by atomic mass is 15.0. The number of rotatable bonds is 5. The summed E-state index contributed by atoms with van der Waals surface area (Å²) in [4.78, 5) is 0. The molecule has 0 saturated carbocycles. The molecule has 0 amide bonds. The van der Waals surface area contributed by atoms with Crippen molar-refractivity contribution < 1.29 is 0 Å². The molecule has 0 radical (unpaired) electrons. The Morgan fingerprint density at radius 3 is 1.31 bits per heavy atom. The highest BCUT2D eigenvalue weighted by Gasteiger charge is 2.21. The van der Waals surface area contributed by atoms with Gasteiger partial charge in [0, 0.05) is 27.2 Å². The number of benzene rings is 10. The van der Waals surface area contributed by atoms with Crippen LogP contribution in [0.5, 0.6) is 0 Å². The summed E-state index contributed by atoms with van der Waals surface area (Å²) in [5.74, 6) is 0. The Bertz CT molecular complexity index is 3150. The first-order valence-electron chi connectivity index (χ1n) is 19.0. The lowest BCUT2D eigenvalue weighted by molar-refractivity contribution is 1.19. The van der Waals surface area contributed by atoms with Crippen molar-refractivity contribution in [2.75, 3.05) is 0 Å². The number of hydrogen-bond acceptors (Lipinski definition) is 0. The van der Waals surface area contributed by atoms with Gasteiger partial charge >= 0.3 is 0 Å². The van der Waals surface area contributed by atoms with Gasteiger partial charge in [-0.2, -0.15) is 0 Å². The average molecular weight is 698 g/mol. The van der Waals surface area contributed by atoms with Gasteiger partial charge < -0.3 is 4.57 Å². The lowest BCUT2D eigenvalue weighted by atomic mass is 9.88. The van der Waals surface area contributed by atoms with Crippen LogP contribution in [0.25, 0.3) is 104 Å². The van der Waals surface area contributed by atoms with Gasteiger partial charge in [-0.05, 0) is 109 Å². The van der Waals surface area contributed by atoms with Crippen molar-refractivity contribution in [2.45, 2.75) is 0 Å². The Hall–Kier alpha value is -7.22. The number of para-hydroxylation sites is 1. The van der Waals surface area contributed by atoms with Crippen molar-refractivity contribution >= 4 is 54.1 Å². The van der Waals surface area contributed by atoms with E-state index in [9.17, 15) is 0 Å². The summed E-state index contributed by atoms with van der Waals surface area (Å²) in [7, 11) is 0. The topological polar surface area (TPSA) is 4.93 Å². The van der Waals surface area contributed by atoms with Crippen molar-refractivity contribution in [3.05, 3.63) is 212 Å². The van der Waals surface area contributed by atoms with Gasteiger partial charge in [-0.3, -0.25) is 0 Å². The molecule has 256 valence electrons. The van der Waals surface area contributed by atoms with Crippen LogP contribution in [0.4, 0.5) is 0 Å². The Morgan fingerprint density at radius 2 is 0.709 bits per heavy atom. The Labute approximate surface area is 320 Å². The molecule has 0 aliphatic carbocycles. The van der Waals surface area contributed by atoms with E-state index in [1.807, 2.05) is 0 Å². The third kappa shape index (κ3) is 5.09. The third-order valence-electron chi connectivity index (χ3n) is 11.3. The van der Waals surface area contributed by atoms with E-state index in [1.54, 1.807) is 0 Å². The van der Waals surface area contributed by atoms with E-state index in [-0.39, 0.29) is 0 Å². The minimum Gasteiger partial charge on any atom is -0.309 e. The van der Waals surface area contributed by atoms with E-state index in [2.05, 4.69) is 217 Å². The Balaban J connectivity index is 1.17. The van der Waals surface area contributed by atoms with Crippen molar-refractivity contribution in [3.8, 4) is 50.2 Å². The maximum Gasteiger partial charge on any atom is 0.0626 e. The summed E-state index contributed by atoms with van der Waals surface area (Å²) in [6, 6.07) is 77.6. The maximum atomic E-state index is 2.49. The molecule has 1 heterocycles. The van der Waals surface area contributed by atoms with E-state index in [0.29, 0.717) is 0 Å². The van der Waals surface area contributed by atoms with Crippen LogP contribution in [0, 0.1) is 0 Å². The highest BCUT2D eigenvalue weighted by Crippen LogP contribution is 2.47. The molecule has 0 aliphatic rings. The summed E-state index contributed by atoms with van der Waals surface area (Å²) in [6.45, 7) is 0. The molecule has 0 spiro atoms. The number of aromatic nitrogens is 1. The van der Waals surface area contributed by atoms with Crippen LogP contribution in [-0.4, -0.2) is 4.57 Å². The Kier molecular flexibility index (Phi) is 7.25. The smallest absolute Gasteiger partial charge is 0.0626 e. The zero-order valence-electron chi connectivity index (χ0n) is 30.2. The fraction of sp³-hybridized carbons (Fsp3) is 0. The largest absolute Gasteiger partial charge is 0.309 e. The lowest BCUT2D eigenvalue weighted by Crippen LogP contribution is -1.95. The zero-order valence-corrected chi connectivity index (χ0v) is 30.2. The van der Waals surface area contributed by atoms with Gasteiger partial charge in [0.1, 0.15) is 0 Å². The molecule has 11 rings (SSSR count). The minimum atomic E-state index is 1.15. The highest BCUT2D eigenvalue weighted by molar-refractivity contribution is 6.38. The molecule has 0 saturated heterocycles. The number of fused-ring (bicyclic) bond motifs is 10. The minimum absolute atomic E-state index is 1.15. The fourth-order valence-electron chi connectivity index (χ4n) is 8.85. The molecule has 0 aliphatic heterocycles. The van der Waals surface area contributed by atoms with E-state index in [0.717, 1.165) is 5.69 Å². The Morgan fingerprint density at radius 1 is 0.255 bits per heavy atom. The SMILES string of the molecule is c1ccc(-c2cc(-c3ccccc3)cc(-c3ccc(-n4c5ccccc5c5c6c7ccccc7c(-c7ccccc7)cc6c6ccccc6c54)cc3)c2)cc1. The first-order valence-corrected chi connectivity index (χ1v) is 19.0. The van der Waals surface area contributed by atoms with Crippen molar-refractivity contribution in [2.24, 2.45) is 0 Å². The second kappa shape index (κ2) is 12.7. The van der Waals surface area contributed by atoms with Crippen LogP contribution in [0.3, 0.4) is 0 Å². The van der Waals surface area contributed by atoms with E-state index < -0.39 is 0 Å². The normalized spacial score (nSPS) is 11.6. The van der Waals surface area contributed by atoms with Gasteiger partial charge in [-0.15, -0.1) is 0 Å². The predicted molar refractivity (Wildman–Crippen MR) is 235 cm³/mol. The van der Waals surface area contributed by atoms with Crippen LogP contribution in [-0.2, 0) is 0 Å². The van der Waals surface area contributed by atoms with E-state index >= 15 is 0 Å². The molecular weight excluding hydrogens is 663 g/mol. The molecule has 1 aromatic heterocycles. The van der Waals surface area contributed by atoms with Crippen molar-refractivity contribution in [3.63, 3.8) is 0 Å². The molecule has 0 atom stereocenters. The molecular formula is C54H35N. The van der Waals surface area contributed by atoms with Crippen LogP contribution in [0.1, 0.15) is 0 Å². The van der Waals surface area contributed by atoms with Crippen LogP contribution < -0.4 is 0 Å². The molecule has 0 bridgehead atoms. The second-order valence-corrected chi connectivity index (χ2v) is 14.5. The standard InChI is InChI=1S/C54H35N/c1-4-16-36(17-5-1)40-32-41(37-18-6-2-7-19-37)34-42(33-40)38-28-30-43(31-29-38)55-51-27-15-14-26-48(51)53-52-46-24-12-10-22-44(46)49(39-20-8-3-9-21-39)35-50(52)45-23-11-13-25-47(45)54(53)55/h1-35H. The molecule has 0 unspecified atom stereocenters. The maximum absolute atomic E-state index is 2.49. The van der Waals surface area contributed by atoms with Crippen LogP contribution >= 0.6 is 0 Å². The summed E-state index contributed by atoms with van der Waals surface area (Å²) >= 11 is 0. The van der Waals surface area contributed by atoms with Crippen LogP contribution in [0.2, 0.25) is 0 Å². The number of nitrogens with zero attached hydrogens (tertiary/aromatic N) is 1. The molecule has 0 N–H and O–H groups in total. The molecule has 55 heavy (non-hydrogen) atoms. The third-order valence-corrected chi connectivity index (χ3v) is 11.3. The van der Waals surface area contributed by atoms with Gasteiger partial charge in [0.2, 0.25) is 0 Å². The van der Waals surface area contributed by atoms with Crippen molar-refractivity contribution in [1.29, 1.82) is 0 Å². The summed E-state index contributed by atoms with van der Waals surface area (Å²) < 4.78 is 2.49. The fourth-order valence-corrected chi connectivity index (χ4v) is 8.85. The number of hydrogen-bond donors (Lipinski definition) is 0. The lowest BCUT2D eigenvalue weighted by Gasteiger charge is -2.16. The average Bonchev–Trinajstić information content (AvgIpc) is 3.62. The van der Waals surface area contributed by atoms with Gasteiger partial charge in [0.05, 0.1) is 11.0 Å². The van der Waals surface area contributed by atoms with Gasteiger partial charge in [-0.1, -0.05) is 170 Å². The quantitative estimate of drug-likeness (QED) is 0.158. The van der Waals surface area contributed by atoms with Crippen LogP contribution in [0.15, 0.2) is 212 Å². The molecule has 10 aromatic carbocycles. The van der Waals surface area contributed by atoms with E-state index in [4.69, 9.17) is 0 Å². The summed E-state index contributed by atoms with van der Waals surface area (Å²) in [5, 5.41) is 10.2. The first kappa shape index (κ1) is 31.3. The first-order chi connectivity index (χ1) is 27.3. The zero-order chi connectivity index (χ0) is 36.3.